The highest BCUT2D eigenvalue weighted by Gasteiger charge is 2.22. The van der Waals surface area contributed by atoms with Crippen molar-refractivity contribution in [1.29, 1.82) is 0 Å². The fraction of sp³-hybridized carbons (Fsp3) is 0.0500. The van der Waals surface area contributed by atoms with E-state index in [0.29, 0.717) is 0 Å². The van der Waals surface area contributed by atoms with Crippen molar-refractivity contribution >= 4 is 38.4 Å². The molecule has 188 valence electrons. The van der Waals surface area contributed by atoms with E-state index in [0.717, 1.165) is 12.8 Å². The first-order valence-electron chi connectivity index (χ1n) is 14.2. The molecule has 0 nitrogen and oxygen atoms in total. The minimum absolute atomic E-state index is 1.05. The van der Waals surface area contributed by atoms with E-state index in [1.54, 1.807) is 0 Å². The normalized spacial score (nSPS) is 12.7. The van der Waals surface area contributed by atoms with Crippen molar-refractivity contribution in [2.24, 2.45) is 0 Å². The smallest absolute Gasteiger partial charge is 0.00235 e. The van der Waals surface area contributed by atoms with Crippen LogP contribution in [-0.2, 0) is 6.42 Å². The maximum absolute atomic E-state index is 2.37. The van der Waals surface area contributed by atoms with Gasteiger partial charge in [-0.3, -0.25) is 0 Å². The fourth-order valence-corrected chi connectivity index (χ4v) is 6.65. The minimum atomic E-state index is 1.05. The van der Waals surface area contributed by atoms with Crippen LogP contribution in [0.4, 0.5) is 0 Å². The number of benzene rings is 7. The van der Waals surface area contributed by atoms with Gasteiger partial charge in [-0.05, 0) is 95.7 Å². The summed E-state index contributed by atoms with van der Waals surface area (Å²) in [6.45, 7) is 0. The molecule has 0 amide bonds. The number of hydrogen-bond donors (Lipinski definition) is 0. The third-order valence-corrected chi connectivity index (χ3v) is 8.52. The summed E-state index contributed by atoms with van der Waals surface area (Å²) in [6.07, 6.45) is 6.84. The largest absolute Gasteiger partial charge is 0.0836 e. The number of rotatable bonds is 3. The maximum atomic E-state index is 2.37. The first-order chi connectivity index (χ1) is 19.8. The van der Waals surface area contributed by atoms with Gasteiger partial charge in [0.1, 0.15) is 0 Å². The standard InChI is InChI=1S/C40H28/c1-2-12-31-26-32(25-22-27(31)10-1)28-20-23-30(24-21-28)39-35-15-5-7-17-37(35)40(38-18-8-6-16-36(38)39)34-19-9-13-29-11-3-4-14-33(29)34/h1-5,7-15,17-26H,6,16H2. The first kappa shape index (κ1) is 23.0. The Bertz CT molecular complexity index is 2090. The molecule has 0 heterocycles. The number of hydrogen-bond acceptors (Lipinski definition) is 0. The molecule has 1 aliphatic rings. The predicted octanol–water partition coefficient (Wildman–Crippen LogP) is 11.1. The third-order valence-electron chi connectivity index (χ3n) is 8.52. The van der Waals surface area contributed by atoms with Gasteiger partial charge in [0, 0.05) is 0 Å². The van der Waals surface area contributed by atoms with Gasteiger partial charge in [-0.2, -0.15) is 0 Å². The van der Waals surface area contributed by atoms with Gasteiger partial charge in [-0.15, -0.1) is 0 Å². The Morgan fingerprint density at radius 2 is 1.05 bits per heavy atom. The highest BCUT2D eigenvalue weighted by molar-refractivity contribution is 6.13. The second kappa shape index (κ2) is 9.36. The summed E-state index contributed by atoms with van der Waals surface area (Å²) in [5.74, 6) is 0. The van der Waals surface area contributed by atoms with Crippen molar-refractivity contribution < 1.29 is 0 Å². The quantitative estimate of drug-likeness (QED) is 0.223. The average Bonchev–Trinajstić information content (AvgIpc) is 3.03. The summed E-state index contributed by atoms with van der Waals surface area (Å²) < 4.78 is 0. The van der Waals surface area contributed by atoms with Crippen molar-refractivity contribution in [3.8, 4) is 33.4 Å². The molecule has 40 heavy (non-hydrogen) atoms. The molecule has 0 bridgehead atoms. The van der Waals surface area contributed by atoms with Gasteiger partial charge in [0.25, 0.3) is 0 Å². The van der Waals surface area contributed by atoms with Crippen molar-refractivity contribution in [2.45, 2.75) is 12.8 Å². The molecule has 8 rings (SSSR count). The van der Waals surface area contributed by atoms with Crippen molar-refractivity contribution in [3.63, 3.8) is 0 Å². The van der Waals surface area contributed by atoms with Crippen molar-refractivity contribution in [3.05, 3.63) is 151 Å². The van der Waals surface area contributed by atoms with E-state index < -0.39 is 0 Å². The van der Waals surface area contributed by atoms with Crippen LogP contribution in [0.25, 0.3) is 71.8 Å². The van der Waals surface area contributed by atoms with Crippen LogP contribution in [0.15, 0.2) is 140 Å². The van der Waals surface area contributed by atoms with E-state index in [9.17, 15) is 0 Å². The molecule has 0 aromatic heterocycles. The van der Waals surface area contributed by atoms with Crippen LogP contribution in [0.1, 0.15) is 17.5 Å². The Labute approximate surface area is 234 Å². The van der Waals surface area contributed by atoms with Crippen LogP contribution in [0.2, 0.25) is 0 Å². The summed E-state index contributed by atoms with van der Waals surface area (Å²) in [4.78, 5) is 0. The van der Waals surface area contributed by atoms with Crippen molar-refractivity contribution in [2.75, 3.05) is 0 Å². The molecule has 0 heteroatoms. The molecule has 7 aromatic carbocycles. The molecule has 7 aromatic rings. The topological polar surface area (TPSA) is 0 Å². The van der Waals surface area contributed by atoms with Gasteiger partial charge >= 0.3 is 0 Å². The van der Waals surface area contributed by atoms with E-state index in [1.165, 1.54) is 76.8 Å². The second-order valence-electron chi connectivity index (χ2n) is 10.8. The Morgan fingerprint density at radius 3 is 1.88 bits per heavy atom. The van der Waals surface area contributed by atoms with Gasteiger partial charge in [0.15, 0.2) is 0 Å². The van der Waals surface area contributed by atoms with Crippen LogP contribution in [0.3, 0.4) is 0 Å². The molecule has 0 radical (unpaired) electrons. The Morgan fingerprint density at radius 1 is 0.425 bits per heavy atom. The Balaban J connectivity index is 1.34. The molecule has 1 aliphatic carbocycles. The highest BCUT2D eigenvalue weighted by Crippen LogP contribution is 2.46. The first-order valence-corrected chi connectivity index (χ1v) is 14.2. The number of fused-ring (bicyclic) bond motifs is 4. The molecule has 0 spiro atoms. The minimum Gasteiger partial charge on any atom is -0.0836 e. The van der Waals surface area contributed by atoms with Gasteiger partial charge < -0.3 is 0 Å². The van der Waals surface area contributed by atoms with E-state index in [4.69, 9.17) is 0 Å². The van der Waals surface area contributed by atoms with E-state index in [-0.39, 0.29) is 0 Å². The van der Waals surface area contributed by atoms with E-state index in [1.807, 2.05) is 0 Å². The molecule has 0 saturated heterocycles. The molecule has 0 N–H and O–H groups in total. The summed E-state index contributed by atoms with van der Waals surface area (Å²) in [7, 11) is 0. The second-order valence-corrected chi connectivity index (χ2v) is 10.8. The molecule has 0 aliphatic heterocycles. The monoisotopic (exact) mass is 508 g/mol. The zero-order chi connectivity index (χ0) is 26.5. The SMILES string of the molecule is C1=Cc2c(c(-c3ccc(-c4ccc5ccccc5c4)cc3)c3ccccc3c2-c2cccc3ccccc23)CC1. The van der Waals surface area contributed by atoms with Crippen LogP contribution >= 0.6 is 0 Å². The van der Waals surface area contributed by atoms with Crippen molar-refractivity contribution in [1.82, 2.24) is 0 Å². The summed E-state index contributed by atoms with van der Waals surface area (Å²) in [6, 6.07) is 49.0. The van der Waals surface area contributed by atoms with Crippen LogP contribution < -0.4 is 0 Å². The van der Waals surface area contributed by atoms with Crippen LogP contribution in [0, 0.1) is 0 Å². The predicted molar refractivity (Wildman–Crippen MR) is 173 cm³/mol. The zero-order valence-electron chi connectivity index (χ0n) is 22.3. The lowest BCUT2D eigenvalue weighted by molar-refractivity contribution is 0.991. The zero-order valence-corrected chi connectivity index (χ0v) is 22.3. The lowest BCUT2D eigenvalue weighted by Crippen LogP contribution is -2.02. The Kier molecular flexibility index (Phi) is 5.38. The summed E-state index contributed by atoms with van der Waals surface area (Å²) in [5, 5.41) is 7.80. The fourth-order valence-electron chi connectivity index (χ4n) is 6.65. The van der Waals surface area contributed by atoms with Crippen LogP contribution in [0.5, 0.6) is 0 Å². The molecular weight excluding hydrogens is 480 g/mol. The summed E-state index contributed by atoms with van der Waals surface area (Å²) >= 11 is 0. The molecular formula is C40H28. The van der Waals surface area contributed by atoms with E-state index >= 15 is 0 Å². The number of allylic oxidation sites excluding steroid dienone is 1. The molecule has 0 unspecified atom stereocenters. The maximum Gasteiger partial charge on any atom is -0.00235 e. The molecule has 0 atom stereocenters. The van der Waals surface area contributed by atoms with Gasteiger partial charge in [-0.25, -0.2) is 0 Å². The molecule has 0 fully saturated rings. The summed E-state index contributed by atoms with van der Waals surface area (Å²) in [5.41, 5.74) is 10.7. The highest BCUT2D eigenvalue weighted by atomic mass is 14.3. The lowest BCUT2D eigenvalue weighted by atomic mass is 9.79. The average molecular weight is 509 g/mol. The lowest BCUT2D eigenvalue weighted by Gasteiger charge is -2.24. The molecule has 0 saturated carbocycles. The van der Waals surface area contributed by atoms with Crippen LogP contribution in [-0.4, -0.2) is 0 Å². The van der Waals surface area contributed by atoms with Gasteiger partial charge in [0.2, 0.25) is 0 Å². The van der Waals surface area contributed by atoms with E-state index in [2.05, 4.69) is 146 Å². The third kappa shape index (κ3) is 3.68. The Hall–Kier alpha value is -4.94. The van der Waals surface area contributed by atoms with Gasteiger partial charge in [-0.1, -0.05) is 140 Å². The van der Waals surface area contributed by atoms with Gasteiger partial charge in [0.05, 0.1) is 0 Å².